The predicted molar refractivity (Wildman–Crippen MR) is 175 cm³/mol. The molecule has 4 aromatic rings. The van der Waals surface area contributed by atoms with E-state index in [9.17, 15) is 13.2 Å². The number of halogens is 4. The molecule has 0 bridgehead atoms. The SMILES string of the molecule is Cc1cc([C@@H]2[C@@H](c3ccccn3)NC(=S)N2c2ccc(N3C[C@H](C)C[C@H](C)C3)c(Cl)c2)c(C)n1-c1ccccc1C(F)(F)F. The summed E-state index contributed by atoms with van der Waals surface area (Å²) in [5, 5.41) is 4.59. The van der Waals surface area contributed by atoms with Crippen molar-refractivity contribution < 1.29 is 13.2 Å². The van der Waals surface area contributed by atoms with Gasteiger partial charge in [0.25, 0.3) is 0 Å². The van der Waals surface area contributed by atoms with Crippen LogP contribution in [0, 0.1) is 25.7 Å². The fraction of sp³-hybridized carbons (Fsp3) is 0.353. The standard InChI is InChI=1S/C34H35ClF3N5S/c1-20-15-21(2)19-41(18-20)30-13-12-24(17-27(30)35)43-32(31(40-33(43)44)28-10-7-8-14-39-28)25-16-22(3)42(23(25)4)29-11-6-5-9-26(29)34(36,37)38/h5-14,16-17,20-21,31-32H,15,18-19H2,1-4H3,(H,40,44)/t20-,21+,31-,32-/m1/s1. The lowest BCUT2D eigenvalue weighted by Crippen LogP contribution is -2.38. The summed E-state index contributed by atoms with van der Waals surface area (Å²) in [5.74, 6) is 1.15. The van der Waals surface area contributed by atoms with Gasteiger partial charge in [-0.1, -0.05) is 43.6 Å². The van der Waals surface area contributed by atoms with Crippen molar-refractivity contribution in [2.45, 2.75) is 52.4 Å². The normalized spacial score (nSPS) is 22.4. The highest BCUT2D eigenvalue weighted by molar-refractivity contribution is 7.80. The Labute approximate surface area is 266 Å². The minimum Gasteiger partial charge on any atom is -0.370 e. The van der Waals surface area contributed by atoms with E-state index < -0.39 is 17.8 Å². The van der Waals surface area contributed by atoms with E-state index >= 15 is 0 Å². The number of aryl methyl sites for hydroxylation is 1. The molecule has 4 heterocycles. The number of hydrogen-bond donors (Lipinski definition) is 1. The fourth-order valence-corrected chi connectivity index (χ4v) is 7.72. The maximum Gasteiger partial charge on any atom is 0.418 e. The number of alkyl halides is 3. The van der Waals surface area contributed by atoms with Crippen molar-refractivity contribution in [3.8, 4) is 5.69 Å². The van der Waals surface area contributed by atoms with Crippen molar-refractivity contribution in [2.75, 3.05) is 22.9 Å². The Morgan fingerprint density at radius 1 is 0.932 bits per heavy atom. The molecule has 44 heavy (non-hydrogen) atoms. The Balaban J connectivity index is 1.46. The smallest absolute Gasteiger partial charge is 0.370 e. The third-order valence-electron chi connectivity index (χ3n) is 8.76. The summed E-state index contributed by atoms with van der Waals surface area (Å²) in [6.07, 6.45) is -1.57. The first-order chi connectivity index (χ1) is 20.9. The molecule has 2 aliphatic heterocycles. The van der Waals surface area contributed by atoms with Gasteiger partial charge in [0, 0.05) is 36.4 Å². The zero-order chi connectivity index (χ0) is 31.3. The fourth-order valence-electron chi connectivity index (χ4n) is 7.08. The Bertz CT molecular complexity index is 1680. The number of hydrogen-bond acceptors (Lipinski definition) is 3. The van der Waals surface area contributed by atoms with Crippen molar-refractivity contribution in [1.29, 1.82) is 0 Å². The van der Waals surface area contributed by atoms with Crippen LogP contribution in [0.5, 0.6) is 0 Å². The highest BCUT2D eigenvalue weighted by atomic mass is 35.5. The molecular formula is C34H35ClF3N5S. The molecule has 2 aliphatic rings. The van der Waals surface area contributed by atoms with Crippen LogP contribution in [0.25, 0.3) is 5.69 Å². The van der Waals surface area contributed by atoms with Gasteiger partial charge in [-0.15, -0.1) is 0 Å². The van der Waals surface area contributed by atoms with E-state index in [1.165, 1.54) is 18.6 Å². The summed E-state index contributed by atoms with van der Waals surface area (Å²) in [5.41, 5.74) is 4.21. The molecule has 2 aromatic heterocycles. The molecule has 2 aromatic carbocycles. The first-order valence-electron chi connectivity index (χ1n) is 14.8. The van der Waals surface area contributed by atoms with Crippen LogP contribution >= 0.6 is 23.8 Å². The lowest BCUT2D eigenvalue weighted by Gasteiger charge is -2.37. The molecule has 2 fully saturated rings. The molecule has 0 saturated carbocycles. The van der Waals surface area contributed by atoms with Gasteiger partial charge >= 0.3 is 6.18 Å². The molecular weight excluding hydrogens is 603 g/mol. The maximum atomic E-state index is 14.1. The van der Waals surface area contributed by atoms with Crippen LogP contribution in [0.15, 0.2) is 72.9 Å². The van der Waals surface area contributed by atoms with Gasteiger partial charge < -0.3 is 19.7 Å². The van der Waals surface area contributed by atoms with Crippen LogP contribution in [-0.2, 0) is 6.18 Å². The van der Waals surface area contributed by atoms with Crippen molar-refractivity contribution in [1.82, 2.24) is 14.9 Å². The van der Waals surface area contributed by atoms with Crippen LogP contribution in [0.2, 0.25) is 5.02 Å². The third-order valence-corrected chi connectivity index (χ3v) is 9.37. The van der Waals surface area contributed by atoms with Crippen LogP contribution in [0.3, 0.4) is 0 Å². The highest BCUT2D eigenvalue weighted by Crippen LogP contribution is 2.46. The summed E-state index contributed by atoms with van der Waals surface area (Å²) in [6.45, 7) is 10.1. The number of nitrogens with one attached hydrogen (secondary N) is 1. The highest BCUT2D eigenvalue weighted by Gasteiger charge is 2.43. The Kier molecular flexibility index (Phi) is 8.13. The summed E-state index contributed by atoms with van der Waals surface area (Å²) in [6, 6.07) is 18.6. The van der Waals surface area contributed by atoms with E-state index in [0.29, 0.717) is 33.4 Å². The third kappa shape index (κ3) is 5.56. The first kappa shape index (κ1) is 30.5. The van der Waals surface area contributed by atoms with Crippen LogP contribution in [0.1, 0.15) is 60.6 Å². The zero-order valence-electron chi connectivity index (χ0n) is 25.1. The molecule has 0 radical (unpaired) electrons. The van der Waals surface area contributed by atoms with E-state index in [2.05, 4.69) is 35.1 Å². The topological polar surface area (TPSA) is 36.3 Å². The molecule has 0 spiro atoms. The monoisotopic (exact) mass is 637 g/mol. The number of piperidine rings is 1. The first-order valence-corrected chi connectivity index (χ1v) is 15.6. The predicted octanol–water partition coefficient (Wildman–Crippen LogP) is 8.82. The number of anilines is 2. The molecule has 6 rings (SSSR count). The second-order valence-corrected chi connectivity index (χ2v) is 13.0. The number of para-hydroxylation sites is 1. The van der Waals surface area contributed by atoms with Gasteiger partial charge in [0.05, 0.1) is 39.7 Å². The van der Waals surface area contributed by atoms with Crippen LogP contribution in [-0.4, -0.2) is 27.8 Å². The van der Waals surface area contributed by atoms with E-state index in [1.54, 1.807) is 16.8 Å². The molecule has 2 saturated heterocycles. The van der Waals surface area contributed by atoms with Crippen LogP contribution in [0.4, 0.5) is 24.5 Å². The molecule has 0 aliphatic carbocycles. The number of aromatic nitrogens is 2. The minimum absolute atomic E-state index is 0.0908. The van der Waals surface area contributed by atoms with Crippen molar-refractivity contribution in [3.05, 3.63) is 106 Å². The summed E-state index contributed by atoms with van der Waals surface area (Å²) in [7, 11) is 0. The Morgan fingerprint density at radius 2 is 1.64 bits per heavy atom. The van der Waals surface area contributed by atoms with Gasteiger partial charge in [0.15, 0.2) is 5.11 Å². The number of pyridine rings is 1. The number of thiocarbonyl (C=S) groups is 1. The molecule has 0 amide bonds. The summed E-state index contributed by atoms with van der Waals surface area (Å²) in [4.78, 5) is 9.01. The molecule has 1 N–H and O–H groups in total. The molecule has 10 heteroatoms. The van der Waals surface area contributed by atoms with Crippen LogP contribution < -0.4 is 15.1 Å². The van der Waals surface area contributed by atoms with E-state index in [0.717, 1.165) is 41.8 Å². The van der Waals surface area contributed by atoms with Gasteiger partial charge in [0.1, 0.15) is 0 Å². The van der Waals surface area contributed by atoms with Crippen molar-refractivity contribution in [2.24, 2.45) is 11.8 Å². The lowest BCUT2D eigenvalue weighted by atomic mass is 9.91. The number of benzene rings is 2. The minimum atomic E-state index is -4.50. The van der Waals surface area contributed by atoms with E-state index in [1.807, 2.05) is 55.1 Å². The quantitative estimate of drug-likeness (QED) is 0.221. The van der Waals surface area contributed by atoms with Gasteiger partial charge in [-0.3, -0.25) is 4.98 Å². The molecule has 4 atom stereocenters. The average molecular weight is 638 g/mol. The largest absolute Gasteiger partial charge is 0.418 e. The molecule has 230 valence electrons. The maximum absolute atomic E-state index is 14.1. The average Bonchev–Trinajstić information content (AvgIpc) is 3.47. The van der Waals surface area contributed by atoms with Gasteiger partial charge in [0.2, 0.25) is 0 Å². The van der Waals surface area contributed by atoms with E-state index in [4.69, 9.17) is 23.8 Å². The number of rotatable bonds is 5. The van der Waals surface area contributed by atoms with Gasteiger partial charge in [-0.2, -0.15) is 13.2 Å². The molecule has 0 unspecified atom stereocenters. The Hall–Kier alpha value is -3.56. The Morgan fingerprint density at radius 3 is 2.30 bits per heavy atom. The summed E-state index contributed by atoms with van der Waals surface area (Å²) >= 11 is 12.9. The van der Waals surface area contributed by atoms with Crippen molar-refractivity contribution in [3.63, 3.8) is 0 Å². The van der Waals surface area contributed by atoms with Gasteiger partial charge in [-0.25, -0.2) is 0 Å². The van der Waals surface area contributed by atoms with E-state index in [-0.39, 0.29) is 11.7 Å². The lowest BCUT2D eigenvalue weighted by molar-refractivity contribution is -0.137. The second-order valence-electron chi connectivity index (χ2n) is 12.2. The molecule has 5 nitrogen and oxygen atoms in total. The zero-order valence-corrected chi connectivity index (χ0v) is 26.6. The van der Waals surface area contributed by atoms with Gasteiger partial charge in [-0.05, 0) is 98.4 Å². The van der Waals surface area contributed by atoms with Crippen molar-refractivity contribution >= 4 is 40.3 Å². The number of nitrogens with zero attached hydrogens (tertiary/aromatic N) is 4. The summed E-state index contributed by atoms with van der Waals surface area (Å²) < 4.78 is 44.0. The second kappa shape index (κ2) is 11.7.